The Morgan fingerprint density at radius 1 is 1.32 bits per heavy atom. The van der Waals surface area contributed by atoms with Gasteiger partial charge in [-0.2, -0.15) is 13.2 Å². The largest absolute Gasteiger partial charge is 0.389 e. The second-order valence-electron chi connectivity index (χ2n) is 3.92. The predicted molar refractivity (Wildman–Crippen MR) is 67.3 cm³/mol. The number of alkyl halides is 3. The van der Waals surface area contributed by atoms with E-state index < -0.39 is 22.6 Å². The number of nitrogens with two attached hydrogens (primary N) is 1. The van der Waals surface area contributed by atoms with Crippen molar-refractivity contribution >= 4 is 21.4 Å². The van der Waals surface area contributed by atoms with E-state index in [2.05, 4.69) is 4.72 Å². The quantitative estimate of drug-likeness (QED) is 0.758. The van der Waals surface area contributed by atoms with Crippen LogP contribution in [0.4, 0.5) is 13.2 Å². The van der Waals surface area contributed by atoms with Gasteiger partial charge in [-0.1, -0.05) is 0 Å². The van der Waals surface area contributed by atoms with Crippen molar-refractivity contribution in [2.24, 2.45) is 5.73 Å². The van der Waals surface area contributed by atoms with Crippen LogP contribution >= 0.6 is 11.3 Å². The first-order chi connectivity index (χ1) is 8.74. The Morgan fingerprint density at radius 2 is 2.00 bits per heavy atom. The van der Waals surface area contributed by atoms with Gasteiger partial charge in [-0.3, -0.25) is 0 Å². The van der Waals surface area contributed by atoms with Crippen LogP contribution in [0.15, 0.2) is 16.3 Å². The second kappa shape index (κ2) is 6.69. The van der Waals surface area contributed by atoms with Crippen LogP contribution in [0.1, 0.15) is 24.1 Å². The first-order valence-electron chi connectivity index (χ1n) is 5.58. The molecule has 1 rings (SSSR count). The number of thiophene rings is 1. The first kappa shape index (κ1) is 16.4. The van der Waals surface area contributed by atoms with Gasteiger partial charge in [0.05, 0.1) is 4.90 Å². The third-order valence-electron chi connectivity index (χ3n) is 2.32. The van der Waals surface area contributed by atoms with Crippen molar-refractivity contribution in [2.45, 2.75) is 36.9 Å². The van der Waals surface area contributed by atoms with E-state index in [1.54, 1.807) is 0 Å². The summed E-state index contributed by atoms with van der Waals surface area (Å²) in [5.74, 6) is 0. The van der Waals surface area contributed by atoms with Crippen molar-refractivity contribution in [3.63, 3.8) is 0 Å². The number of hydrogen-bond acceptors (Lipinski definition) is 4. The lowest BCUT2D eigenvalue weighted by atomic mass is 10.2. The van der Waals surface area contributed by atoms with Crippen LogP contribution < -0.4 is 10.5 Å². The highest BCUT2D eigenvalue weighted by Crippen LogP contribution is 2.22. The van der Waals surface area contributed by atoms with Crippen LogP contribution in [-0.2, 0) is 16.6 Å². The zero-order valence-electron chi connectivity index (χ0n) is 10.0. The third kappa shape index (κ3) is 5.89. The highest BCUT2D eigenvalue weighted by molar-refractivity contribution is 7.89. The summed E-state index contributed by atoms with van der Waals surface area (Å²) in [5, 5.41) is 1.46. The monoisotopic (exact) mass is 316 g/mol. The molecule has 1 aromatic heterocycles. The highest BCUT2D eigenvalue weighted by Gasteiger charge is 2.26. The number of unbranched alkanes of at least 4 members (excludes halogenated alkanes) is 1. The maximum atomic E-state index is 11.9. The number of sulfonamides is 1. The first-order valence-corrected chi connectivity index (χ1v) is 7.95. The Hall–Kier alpha value is -0.640. The second-order valence-corrected chi connectivity index (χ2v) is 6.69. The molecule has 1 heterocycles. The van der Waals surface area contributed by atoms with E-state index in [1.807, 2.05) is 0 Å². The Labute approximate surface area is 113 Å². The van der Waals surface area contributed by atoms with Crippen molar-refractivity contribution in [2.75, 3.05) is 6.54 Å². The molecule has 0 atom stereocenters. The Morgan fingerprint density at radius 3 is 2.53 bits per heavy atom. The number of hydrogen-bond donors (Lipinski definition) is 2. The van der Waals surface area contributed by atoms with E-state index in [1.165, 1.54) is 22.8 Å². The molecule has 0 bridgehead atoms. The molecule has 0 unspecified atom stereocenters. The zero-order chi connectivity index (χ0) is 14.5. The van der Waals surface area contributed by atoms with Crippen LogP contribution in [0.3, 0.4) is 0 Å². The Bertz CT molecular complexity index is 497. The molecule has 0 aliphatic carbocycles. The molecule has 0 radical (unpaired) electrons. The summed E-state index contributed by atoms with van der Waals surface area (Å²) in [6, 6.07) is 1.46. The number of halogens is 3. The lowest BCUT2D eigenvalue weighted by Crippen LogP contribution is -2.24. The molecule has 0 aromatic carbocycles. The molecule has 0 aliphatic heterocycles. The molecule has 0 fully saturated rings. The van der Waals surface area contributed by atoms with Gasteiger partial charge in [0.1, 0.15) is 0 Å². The van der Waals surface area contributed by atoms with Crippen molar-refractivity contribution in [3.05, 3.63) is 16.3 Å². The molecule has 0 saturated carbocycles. The molecular formula is C10H15F3N2O2S2. The summed E-state index contributed by atoms with van der Waals surface area (Å²) in [6.45, 7) is 0.248. The van der Waals surface area contributed by atoms with E-state index in [0.29, 0.717) is 0 Å². The molecule has 1 aromatic rings. The van der Waals surface area contributed by atoms with Crippen LogP contribution in [0.5, 0.6) is 0 Å². The number of nitrogens with one attached hydrogen (secondary N) is 1. The maximum absolute atomic E-state index is 11.9. The van der Waals surface area contributed by atoms with Gasteiger partial charge in [-0.05, 0) is 18.9 Å². The van der Waals surface area contributed by atoms with Gasteiger partial charge in [0.2, 0.25) is 10.0 Å². The normalized spacial score (nSPS) is 12.8. The lowest BCUT2D eigenvalue weighted by molar-refractivity contribution is -0.135. The van der Waals surface area contributed by atoms with Gasteiger partial charge in [0.25, 0.3) is 0 Å². The average molecular weight is 316 g/mol. The van der Waals surface area contributed by atoms with Crippen molar-refractivity contribution in [1.82, 2.24) is 4.72 Å². The molecule has 110 valence electrons. The lowest BCUT2D eigenvalue weighted by Gasteiger charge is -2.07. The molecule has 3 N–H and O–H groups in total. The fourth-order valence-corrected chi connectivity index (χ4v) is 3.58. The SMILES string of the molecule is NCc1cc(S(=O)(=O)NCCCCC(F)(F)F)cs1. The fourth-order valence-electron chi connectivity index (χ4n) is 1.35. The fraction of sp³-hybridized carbons (Fsp3) is 0.600. The average Bonchev–Trinajstić information content (AvgIpc) is 2.76. The molecular weight excluding hydrogens is 301 g/mol. The zero-order valence-corrected chi connectivity index (χ0v) is 11.7. The molecule has 0 saturated heterocycles. The predicted octanol–water partition coefficient (Wildman–Crippen LogP) is 2.22. The minimum atomic E-state index is -4.19. The summed E-state index contributed by atoms with van der Waals surface area (Å²) >= 11 is 1.23. The molecule has 19 heavy (non-hydrogen) atoms. The standard InChI is InChI=1S/C10H15F3N2O2S2/c11-10(12,13)3-1-2-4-15-19(16,17)9-5-8(6-14)18-7-9/h5,7,15H,1-4,6,14H2. The minimum Gasteiger partial charge on any atom is -0.326 e. The van der Waals surface area contributed by atoms with Gasteiger partial charge in [0.15, 0.2) is 0 Å². The van der Waals surface area contributed by atoms with Crippen molar-refractivity contribution < 1.29 is 21.6 Å². The Balaban J connectivity index is 2.39. The van der Waals surface area contributed by atoms with E-state index in [0.717, 1.165) is 4.88 Å². The van der Waals surface area contributed by atoms with Crippen LogP contribution in [0.2, 0.25) is 0 Å². The van der Waals surface area contributed by atoms with Gasteiger partial charge in [-0.25, -0.2) is 13.1 Å². The van der Waals surface area contributed by atoms with Crippen LogP contribution in [0, 0.1) is 0 Å². The van der Waals surface area contributed by atoms with Crippen LogP contribution in [-0.4, -0.2) is 21.1 Å². The van der Waals surface area contributed by atoms with Gasteiger partial charge >= 0.3 is 6.18 Å². The molecule has 0 amide bonds. The summed E-state index contributed by atoms with van der Waals surface area (Å²) in [6.07, 6.45) is -5.04. The summed E-state index contributed by atoms with van der Waals surface area (Å²) in [5.41, 5.74) is 5.38. The molecule has 4 nitrogen and oxygen atoms in total. The summed E-state index contributed by atoms with van der Waals surface area (Å²) in [7, 11) is -3.64. The van der Waals surface area contributed by atoms with Gasteiger partial charge in [0, 0.05) is 29.8 Å². The van der Waals surface area contributed by atoms with Gasteiger partial charge in [-0.15, -0.1) is 11.3 Å². The molecule has 0 spiro atoms. The van der Waals surface area contributed by atoms with E-state index >= 15 is 0 Å². The maximum Gasteiger partial charge on any atom is 0.389 e. The van der Waals surface area contributed by atoms with Crippen LogP contribution in [0.25, 0.3) is 0 Å². The van der Waals surface area contributed by atoms with E-state index in [4.69, 9.17) is 5.73 Å². The number of rotatable bonds is 7. The highest BCUT2D eigenvalue weighted by atomic mass is 32.2. The Kier molecular flexibility index (Phi) is 5.78. The van der Waals surface area contributed by atoms with Gasteiger partial charge < -0.3 is 5.73 Å². The summed E-state index contributed by atoms with van der Waals surface area (Å²) < 4.78 is 61.4. The smallest absolute Gasteiger partial charge is 0.326 e. The molecule has 0 aliphatic rings. The third-order valence-corrected chi connectivity index (χ3v) is 4.87. The summed E-state index contributed by atoms with van der Waals surface area (Å²) in [4.78, 5) is 0.839. The molecule has 9 heteroatoms. The van der Waals surface area contributed by atoms with E-state index in [9.17, 15) is 21.6 Å². The van der Waals surface area contributed by atoms with E-state index in [-0.39, 0.29) is 30.8 Å². The van der Waals surface area contributed by atoms with Crippen molar-refractivity contribution in [3.8, 4) is 0 Å². The minimum absolute atomic E-state index is 0.00772. The van der Waals surface area contributed by atoms with Crippen molar-refractivity contribution in [1.29, 1.82) is 0 Å². The topological polar surface area (TPSA) is 72.2 Å².